The monoisotopic (exact) mass is 236 g/mol. The SMILES string of the molecule is CCC1(CN2CC(=O)N3CCCC3C2=O)CC1. The highest BCUT2D eigenvalue weighted by Crippen LogP contribution is 2.49. The maximum atomic E-state index is 12.3. The van der Waals surface area contributed by atoms with Crippen LogP contribution < -0.4 is 0 Å². The van der Waals surface area contributed by atoms with E-state index in [0.717, 1.165) is 32.4 Å². The molecule has 0 radical (unpaired) electrons. The second kappa shape index (κ2) is 3.72. The van der Waals surface area contributed by atoms with Gasteiger partial charge in [-0.2, -0.15) is 0 Å². The minimum Gasteiger partial charge on any atom is -0.331 e. The molecule has 1 atom stereocenters. The molecule has 1 unspecified atom stereocenters. The van der Waals surface area contributed by atoms with Crippen molar-refractivity contribution in [1.29, 1.82) is 0 Å². The summed E-state index contributed by atoms with van der Waals surface area (Å²) in [5.74, 6) is 0.348. The van der Waals surface area contributed by atoms with Gasteiger partial charge in [-0.3, -0.25) is 9.59 Å². The van der Waals surface area contributed by atoms with Gasteiger partial charge in [0.15, 0.2) is 0 Å². The lowest BCUT2D eigenvalue weighted by Gasteiger charge is -2.38. The van der Waals surface area contributed by atoms with E-state index in [1.165, 1.54) is 12.8 Å². The predicted octanol–water partition coefficient (Wildman–Crippen LogP) is 1.01. The van der Waals surface area contributed by atoms with Crippen molar-refractivity contribution in [3.63, 3.8) is 0 Å². The molecule has 4 nitrogen and oxygen atoms in total. The smallest absolute Gasteiger partial charge is 0.245 e. The number of rotatable bonds is 3. The van der Waals surface area contributed by atoms with Crippen LogP contribution in [0.4, 0.5) is 0 Å². The van der Waals surface area contributed by atoms with Gasteiger partial charge in [0.05, 0.1) is 6.54 Å². The average molecular weight is 236 g/mol. The first-order valence-corrected chi connectivity index (χ1v) is 6.73. The van der Waals surface area contributed by atoms with E-state index in [2.05, 4.69) is 6.92 Å². The van der Waals surface area contributed by atoms with Gasteiger partial charge >= 0.3 is 0 Å². The quantitative estimate of drug-likeness (QED) is 0.733. The zero-order chi connectivity index (χ0) is 12.0. The summed E-state index contributed by atoms with van der Waals surface area (Å²) in [6.07, 6.45) is 5.40. The molecule has 0 aromatic rings. The van der Waals surface area contributed by atoms with Gasteiger partial charge in [0, 0.05) is 13.1 Å². The summed E-state index contributed by atoms with van der Waals surface area (Å²) in [7, 11) is 0. The summed E-state index contributed by atoms with van der Waals surface area (Å²) < 4.78 is 0. The molecule has 17 heavy (non-hydrogen) atoms. The average Bonchev–Trinajstić information content (AvgIpc) is 2.91. The minimum atomic E-state index is -0.135. The zero-order valence-electron chi connectivity index (χ0n) is 10.4. The molecule has 2 saturated heterocycles. The van der Waals surface area contributed by atoms with Crippen molar-refractivity contribution in [2.24, 2.45) is 5.41 Å². The van der Waals surface area contributed by atoms with Crippen molar-refractivity contribution in [2.75, 3.05) is 19.6 Å². The maximum absolute atomic E-state index is 12.3. The van der Waals surface area contributed by atoms with Crippen LogP contribution in [0, 0.1) is 5.41 Å². The standard InChI is InChI=1S/C13H20N2O2/c1-2-13(5-6-13)9-14-8-11(16)15-7-3-4-10(15)12(14)17/h10H,2-9H2,1H3. The van der Waals surface area contributed by atoms with Crippen molar-refractivity contribution < 1.29 is 9.59 Å². The van der Waals surface area contributed by atoms with Gasteiger partial charge in [0.25, 0.3) is 0 Å². The number of hydrogen-bond acceptors (Lipinski definition) is 2. The number of hydrogen-bond donors (Lipinski definition) is 0. The van der Waals surface area contributed by atoms with E-state index in [0.29, 0.717) is 12.0 Å². The molecule has 2 aliphatic heterocycles. The summed E-state index contributed by atoms with van der Waals surface area (Å²) in [6, 6.07) is -0.135. The van der Waals surface area contributed by atoms with Gasteiger partial charge in [-0.1, -0.05) is 6.92 Å². The van der Waals surface area contributed by atoms with E-state index in [1.54, 1.807) is 4.90 Å². The summed E-state index contributed by atoms with van der Waals surface area (Å²) in [5, 5.41) is 0. The van der Waals surface area contributed by atoms with Gasteiger partial charge in [0.1, 0.15) is 6.04 Å². The molecule has 4 heteroatoms. The number of piperazine rings is 1. The van der Waals surface area contributed by atoms with E-state index >= 15 is 0 Å². The first-order valence-electron chi connectivity index (χ1n) is 6.73. The lowest BCUT2D eigenvalue weighted by Crippen LogP contribution is -2.58. The van der Waals surface area contributed by atoms with Crippen LogP contribution in [0.3, 0.4) is 0 Å². The van der Waals surface area contributed by atoms with Crippen LogP contribution in [0.15, 0.2) is 0 Å². The highest BCUT2D eigenvalue weighted by molar-refractivity contribution is 5.95. The third-order valence-electron chi connectivity index (χ3n) is 4.73. The van der Waals surface area contributed by atoms with E-state index in [-0.39, 0.29) is 17.9 Å². The van der Waals surface area contributed by atoms with Crippen LogP contribution in [0.25, 0.3) is 0 Å². The Morgan fingerprint density at radius 2 is 2.12 bits per heavy atom. The van der Waals surface area contributed by atoms with Gasteiger partial charge in [-0.25, -0.2) is 0 Å². The lowest BCUT2D eigenvalue weighted by molar-refractivity contribution is -0.154. The Balaban J connectivity index is 1.73. The first kappa shape index (κ1) is 11.1. The Labute approximate surface area is 102 Å². The van der Waals surface area contributed by atoms with Crippen molar-refractivity contribution in [1.82, 2.24) is 9.80 Å². The number of amides is 2. The molecule has 0 aromatic carbocycles. The van der Waals surface area contributed by atoms with Crippen LogP contribution in [0.2, 0.25) is 0 Å². The Bertz CT molecular complexity index is 362. The second-order valence-electron chi connectivity index (χ2n) is 5.79. The molecule has 94 valence electrons. The van der Waals surface area contributed by atoms with Crippen molar-refractivity contribution in [3.8, 4) is 0 Å². The van der Waals surface area contributed by atoms with Crippen molar-refractivity contribution in [2.45, 2.75) is 45.1 Å². The molecule has 0 spiro atoms. The van der Waals surface area contributed by atoms with E-state index in [9.17, 15) is 9.59 Å². The number of carbonyl (C=O) groups excluding carboxylic acids is 2. The molecule has 2 heterocycles. The predicted molar refractivity (Wildman–Crippen MR) is 63.3 cm³/mol. The highest BCUT2D eigenvalue weighted by atomic mass is 16.2. The van der Waals surface area contributed by atoms with E-state index < -0.39 is 0 Å². The summed E-state index contributed by atoms with van der Waals surface area (Å²) >= 11 is 0. The fourth-order valence-corrected chi connectivity index (χ4v) is 3.20. The third-order valence-corrected chi connectivity index (χ3v) is 4.73. The van der Waals surface area contributed by atoms with Crippen molar-refractivity contribution >= 4 is 11.8 Å². The highest BCUT2D eigenvalue weighted by Gasteiger charge is 2.47. The van der Waals surface area contributed by atoms with E-state index in [4.69, 9.17) is 0 Å². The number of nitrogens with zero attached hydrogens (tertiary/aromatic N) is 2. The molecule has 0 aromatic heterocycles. The number of carbonyl (C=O) groups is 2. The molecule has 2 amide bonds. The molecule has 3 fully saturated rings. The molecule has 3 rings (SSSR count). The van der Waals surface area contributed by atoms with Gasteiger partial charge < -0.3 is 9.80 Å². The topological polar surface area (TPSA) is 40.6 Å². The molecular formula is C13H20N2O2. The van der Waals surface area contributed by atoms with Gasteiger partial charge in [-0.05, 0) is 37.5 Å². The van der Waals surface area contributed by atoms with Crippen LogP contribution in [-0.2, 0) is 9.59 Å². The van der Waals surface area contributed by atoms with Gasteiger partial charge in [-0.15, -0.1) is 0 Å². The summed E-state index contributed by atoms with van der Waals surface area (Å²) in [6.45, 7) is 4.09. The summed E-state index contributed by atoms with van der Waals surface area (Å²) in [4.78, 5) is 27.9. The Hall–Kier alpha value is -1.06. The second-order valence-corrected chi connectivity index (χ2v) is 5.79. The third kappa shape index (κ3) is 1.74. The van der Waals surface area contributed by atoms with Crippen LogP contribution >= 0.6 is 0 Å². The minimum absolute atomic E-state index is 0.135. The van der Waals surface area contributed by atoms with Crippen LogP contribution in [0.5, 0.6) is 0 Å². The molecule has 0 bridgehead atoms. The fourth-order valence-electron chi connectivity index (χ4n) is 3.20. The first-order chi connectivity index (χ1) is 8.15. The Morgan fingerprint density at radius 1 is 1.35 bits per heavy atom. The zero-order valence-corrected chi connectivity index (χ0v) is 10.4. The Morgan fingerprint density at radius 3 is 2.76 bits per heavy atom. The fraction of sp³-hybridized carbons (Fsp3) is 0.846. The molecule has 3 aliphatic rings. The Kier molecular flexibility index (Phi) is 2.42. The largest absolute Gasteiger partial charge is 0.331 e. The molecular weight excluding hydrogens is 216 g/mol. The summed E-state index contributed by atoms with van der Waals surface area (Å²) in [5.41, 5.74) is 0.344. The number of fused-ring (bicyclic) bond motifs is 1. The van der Waals surface area contributed by atoms with Crippen LogP contribution in [0.1, 0.15) is 39.0 Å². The van der Waals surface area contributed by atoms with Crippen LogP contribution in [-0.4, -0.2) is 47.3 Å². The molecule has 1 saturated carbocycles. The van der Waals surface area contributed by atoms with Gasteiger partial charge in [0.2, 0.25) is 11.8 Å². The molecule has 1 aliphatic carbocycles. The maximum Gasteiger partial charge on any atom is 0.245 e. The lowest BCUT2D eigenvalue weighted by atomic mass is 10.0. The van der Waals surface area contributed by atoms with Crippen molar-refractivity contribution in [3.05, 3.63) is 0 Å². The normalized spacial score (nSPS) is 30.8. The van der Waals surface area contributed by atoms with E-state index in [1.807, 2.05) is 4.90 Å². The molecule has 0 N–H and O–H groups in total.